The SMILES string of the molecule is CN=C(NCc1ccccc1)NCc1ccc(OC)c(OC)c1. The summed E-state index contributed by atoms with van der Waals surface area (Å²) in [7, 11) is 5.02. The Hall–Kier alpha value is -2.69. The molecule has 0 aliphatic heterocycles. The van der Waals surface area contributed by atoms with Crippen molar-refractivity contribution in [2.45, 2.75) is 13.1 Å². The maximum absolute atomic E-state index is 5.32. The van der Waals surface area contributed by atoms with Gasteiger partial charge in [0.25, 0.3) is 0 Å². The van der Waals surface area contributed by atoms with Crippen molar-refractivity contribution in [2.75, 3.05) is 21.3 Å². The molecular weight excluding hydrogens is 290 g/mol. The van der Waals surface area contributed by atoms with Gasteiger partial charge in [-0.05, 0) is 23.3 Å². The molecule has 0 atom stereocenters. The van der Waals surface area contributed by atoms with Crippen LogP contribution in [0.15, 0.2) is 53.5 Å². The standard InChI is InChI=1S/C18H23N3O2/c1-19-18(20-12-14-7-5-4-6-8-14)21-13-15-9-10-16(22-2)17(11-15)23-3/h4-11H,12-13H2,1-3H3,(H2,19,20,21). The Labute approximate surface area is 137 Å². The summed E-state index contributed by atoms with van der Waals surface area (Å²) >= 11 is 0. The zero-order valence-electron chi connectivity index (χ0n) is 13.8. The molecular formula is C18H23N3O2. The summed E-state index contributed by atoms with van der Waals surface area (Å²) in [6.45, 7) is 1.38. The molecule has 0 radical (unpaired) electrons. The van der Waals surface area contributed by atoms with E-state index >= 15 is 0 Å². The number of nitrogens with one attached hydrogen (secondary N) is 2. The quantitative estimate of drug-likeness (QED) is 0.636. The molecule has 122 valence electrons. The van der Waals surface area contributed by atoms with Crippen LogP contribution in [-0.2, 0) is 13.1 Å². The van der Waals surface area contributed by atoms with Crippen LogP contribution in [0.5, 0.6) is 11.5 Å². The molecule has 0 aromatic heterocycles. The average Bonchev–Trinajstić information content (AvgIpc) is 2.62. The second-order valence-corrected chi connectivity index (χ2v) is 4.95. The molecule has 0 spiro atoms. The van der Waals surface area contributed by atoms with E-state index in [0.29, 0.717) is 6.54 Å². The van der Waals surface area contributed by atoms with Crippen molar-refractivity contribution >= 4 is 5.96 Å². The lowest BCUT2D eigenvalue weighted by molar-refractivity contribution is 0.354. The van der Waals surface area contributed by atoms with Gasteiger partial charge in [-0.3, -0.25) is 4.99 Å². The van der Waals surface area contributed by atoms with Crippen molar-refractivity contribution in [2.24, 2.45) is 4.99 Å². The smallest absolute Gasteiger partial charge is 0.191 e. The van der Waals surface area contributed by atoms with Crippen molar-refractivity contribution in [1.29, 1.82) is 0 Å². The van der Waals surface area contributed by atoms with Crippen molar-refractivity contribution in [3.8, 4) is 11.5 Å². The topological polar surface area (TPSA) is 54.9 Å². The van der Waals surface area contributed by atoms with Crippen LogP contribution in [-0.4, -0.2) is 27.2 Å². The van der Waals surface area contributed by atoms with Gasteiger partial charge in [0.15, 0.2) is 17.5 Å². The number of nitrogens with zero attached hydrogens (tertiary/aromatic N) is 1. The fourth-order valence-electron chi connectivity index (χ4n) is 2.18. The molecule has 0 fully saturated rings. The maximum atomic E-state index is 5.32. The summed E-state index contributed by atoms with van der Waals surface area (Å²) < 4.78 is 10.6. The lowest BCUT2D eigenvalue weighted by atomic mass is 10.2. The van der Waals surface area contributed by atoms with Crippen LogP contribution >= 0.6 is 0 Å². The van der Waals surface area contributed by atoms with Gasteiger partial charge in [0, 0.05) is 20.1 Å². The predicted octanol–water partition coefficient (Wildman–Crippen LogP) is 2.57. The molecule has 0 unspecified atom stereocenters. The first kappa shape index (κ1) is 16.7. The predicted molar refractivity (Wildman–Crippen MR) is 93.0 cm³/mol. The van der Waals surface area contributed by atoms with Crippen molar-refractivity contribution < 1.29 is 9.47 Å². The minimum Gasteiger partial charge on any atom is -0.493 e. The Morgan fingerprint density at radius 1 is 0.870 bits per heavy atom. The first-order valence-corrected chi connectivity index (χ1v) is 7.46. The highest BCUT2D eigenvalue weighted by molar-refractivity contribution is 5.79. The van der Waals surface area contributed by atoms with Gasteiger partial charge in [-0.15, -0.1) is 0 Å². The Morgan fingerprint density at radius 2 is 1.52 bits per heavy atom. The summed E-state index contributed by atoms with van der Waals surface area (Å²) in [6, 6.07) is 16.1. The molecule has 2 N–H and O–H groups in total. The molecule has 0 aliphatic rings. The molecule has 0 bridgehead atoms. The van der Waals surface area contributed by atoms with Gasteiger partial charge < -0.3 is 20.1 Å². The number of methoxy groups -OCH3 is 2. The van der Waals surface area contributed by atoms with E-state index in [1.165, 1.54) is 5.56 Å². The molecule has 5 heteroatoms. The highest BCUT2D eigenvalue weighted by Crippen LogP contribution is 2.27. The highest BCUT2D eigenvalue weighted by Gasteiger charge is 2.05. The van der Waals surface area contributed by atoms with Crippen molar-refractivity contribution in [3.05, 3.63) is 59.7 Å². The third-order valence-electron chi connectivity index (χ3n) is 3.43. The van der Waals surface area contributed by atoms with Crippen molar-refractivity contribution in [1.82, 2.24) is 10.6 Å². The van der Waals surface area contributed by atoms with E-state index in [1.54, 1.807) is 21.3 Å². The number of guanidine groups is 1. The molecule has 0 aliphatic carbocycles. The Bertz CT molecular complexity index is 642. The van der Waals surface area contributed by atoms with Crippen LogP contribution in [0.4, 0.5) is 0 Å². The second kappa shape index (κ2) is 8.68. The summed E-state index contributed by atoms with van der Waals surface area (Å²) in [5.41, 5.74) is 2.30. The molecule has 0 amide bonds. The minimum atomic E-state index is 0.648. The van der Waals surface area contributed by atoms with Gasteiger partial charge in [-0.2, -0.15) is 0 Å². The molecule has 2 aromatic rings. The van der Waals surface area contributed by atoms with Gasteiger partial charge in [-0.25, -0.2) is 0 Å². The normalized spacial score (nSPS) is 11.0. The maximum Gasteiger partial charge on any atom is 0.191 e. The number of hydrogen-bond donors (Lipinski definition) is 2. The molecule has 0 saturated heterocycles. The number of hydrogen-bond acceptors (Lipinski definition) is 3. The highest BCUT2D eigenvalue weighted by atomic mass is 16.5. The molecule has 23 heavy (non-hydrogen) atoms. The summed E-state index contributed by atoms with van der Waals surface area (Å²) in [4.78, 5) is 4.23. The Balaban J connectivity index is 1.90. The van der Waals surface area contributed by atoms with Crippen LogP contribution in [0.3, 0.4) is 0 Å². The van der Waals surface area contributed by atoms with E-state index in [4.69, 9.17) is 9.47 Å². The monoisotopic (exact) mass is 313 g/mol. The van der Waals surface area contributed by atoms with Crippen LogP contribution in [0.1, 0.15) is 11.1 Å². The van der Waals surface area contributed by atoms with Gasteiger partial charge in [0.1, 0.15) is 0 Å². The van der Waals surface area contributed by atoms with E-state index in [1.807, 2.05) is 36.4 Å². The first-order chi connectivity index (χ1) is 11.3. The zero-order chi connectivity index (χ0) is 16.5. The Morgan fingerprint density at radius 3 is 2.13 bits per heavy atom. The number of aliphatic imine (C=N–C) groups is 1. The Kier molecular flexibility index (Phi) is 6.29. The van der Waals surface area contributed by atoms with E-state index < -0.39 is 0 Å². The molecule has 0 saturated carbocycles. The lowest BCUT2D eigenvalue weighted by Gasteiger charge is -2.13. The van der Waals surface area contributed by atoms with Crippen LogP contribution in [0.25, 0.3) is 0 Å². The van der Waals surface area contributed by atoms with Gasteiger partial charge in [0.05, 0.1) is 14.2 Å². The van der Waals surface area contributed by atoms with Gasteiger partial charge >= 0.3 is 0 Å². The zero-order valence-corrected chi connectivity index (χ0v) is 13.8. The van der Waals surface area contributed by atoms with Gasteiger partial charge in [-0.1, -0.05) is 36.4 Å². The summed E-state index contributed by atoms with van der Waals surface area (Å²) in [5.74, 6) is 2.20. The second-order valence-electron chi connectivity index (χ2n) is 4.95. The van der Waals surface area contributed by atoms with Crippen LogP contribution in [0.2, 0.25) is 0 Å². The largest absolute Gasteiger partial charge is 0.493 e. The van der Waals surface area contributed by atoms with E-state index in [9.17, 15) is 0 Å². The number of benzene rings is 2. The van der Waals surface area contributed by atoms with E-state index in [-0.39, 0.29) is 0 Å². The van der Waals surface area contributed by atoms with Crippen LogP contribution < -0.4 is 20.1 Å². The minimum absolute atomic E-state index is 0.648. The average molecular weight is 313 g/mol. The molecule has 2 rings (SSSR count). The molecule has 0 heterocycles. The lowest BCUT2D eigenvalue weighted by Crippen LogP contribution is -2.36. The number of rotatable bonds is 6. The molecule has 5 nitrogen and oxygen atoms in total. The fourth-order valence-corrected chi connectivity index (χ4v) is 2.18. The van der Waals surface area contributed by atoms with E-state index in [0.717, 1.165) is 29.6 Å². The third kappa shape index (κ3) is 4.92. The summed E-state index contributed by atoms with van der Waals surface area (Å²) in [6.07, 6.45) is 0. The van der Waals surface area contributed by atoms with E-state index in [2.05, 4.69) is 27.8 Å². The third-order valence-corrected chi connectivity index (χ3v) is 3.43. The van der Waals surface area contributed by atoms with Crippen molar-refractivity contribution in [3.63, 3.8) is 0 Å². The molecule has 2 aromatic carbocycles. The van der Waals surface area contributed by atoms with Crippen LogP contribution in [0, 0.1) is 0 Å². The van der Waals surface area contributed by atoms with Gasteiger partial charge in [0.2, 0.25) is 0 Å². The first-order valence-electron chi connectivity index (χ1n) is 7.46. The number of ether oxygens (including phenoxy) is 2. The summed E-state index contributed by atoms with van der Waals surface area (Å²) in [5, 5.41) is 6.58. The fraction of sp³-hybridized carbons (Fsp3) is 0.278.